The van der Waals surface area contributed by atoms with Gasteiger partial charge < -0.3 is 10.2 Å². The van der Waals surface area contributed by atoms with Crippen molar-refractivity contribution in [2.24, 2.45) is 11.8 Å². The van der Waals surface area contributed by atoms with Crippen LogP contribution in [0.15, 0.2) is 30.3 Å². The Morgan fingerprint density at radius 2 is 1.68 bits per heavy atom. The van der Waals surface area contributed by atoms with Crippen molar-refractivity contribution in [3.63, 3.8) is 0 Å². The maximum Gasteiger partial charge on any atom is 0.0358 e. The molecule has 2 atom stereocenters. The molecule has 0 bridgehead atoms. The molecule has 0 aliphatic carbocycles. The Morgan fingerprint density at radius 1 is 1.05 bits per heavy atom. The summed E-state index contributed by atoms with van der Waals surface area (Å²) in [5.74, 6) is 1.33. The smallest absolute Gasteiger partial charge is 0.0358 e. The molecule has 0 heterocycles. The van der Waals surface area contributed by atoms with Crippen LogP contribution in [0.4, 0.5) is 0 Å². The lowest BCUT2D eigenvalue weighted by Gasteiger charge is -2.30. The first-order chi connectivity index (χ1) is 9.04. The Morgan fingerprint density at radius 3 is 2.21 bits per heavy atom. The number of hydrogen-bond acceptors (Lipinski definition) is 2. The monoisotopic (exact) mass is 262 g/mol. The van der Waals surface area contributed by atoms with E-state index in [1.54, 1.807) is 0 Å². The van der Waals surface area contributed by atoms with Crippen LogP contribution >= 0.6 is 0 Å². The van der Waals surface area contributed by atoms with Gasteiger partial charge in [-0.05, 0) is 31.0 Å². The molecule has 1 aromatic rings. The molecule has 0 amide bonds. The van der Waals surface area contributed by atoms with Gasteiger partial charge in [-0.25, -0.2) is 0 Å². The van der Waals surface area contributed by atoms with Crippen LogP contribution in [0.1, 0.15) is 39.3 Å². The molecule has 2 nitrogen and oxygen atoms in total. The molecule has 0 aliphatic rings. The molecular weight excluding hydrogens is 232 g/mol. The molecule has 2 heteroatoms. The van der Waals surface area contributed by atoms with Crippen LogP contribution < -0.4 is 5.32 Å². The summed E-state index contributed by atoms with van der Waals surface area (Å²) in [6, 6.07) is 11.2. The Hall–Kier alpha value is -0.860. The fraction of sp³-hybridized carbons (Fsp3) is 0.647. The predicted octanol–water partition coefficient (Wildman–Crippen LogP) is 3.56. The summed E-state index contributed by atoms with van der Waals surface area (Å²) in [5, 5.41) is 3.63. The first-order valence-corrected chi connectivity index (χ1v) is 7.51. The zero-order valence-corrected chi connectivity index (χ0v) is 13.2. The van der Waals surface area contributed by atoms with Gasteiger partial charge in [0, 0.05) is 19.1 Å². The lowest BCUT2D eigenvalue weighted by molar-refractivity contribution is 0.228. The first kappa shape index (κ1) is 16.2. The van der Waals surface area contributed by atoms with Crippen LogP contribution in [0.2, 0.25) is 0 Å². The Bertz CT molecular complexity index is 334. The summed E-state index contributed by atoms with van der Waals surface area (Å²) in [4.78, 5) is 2.45. The van der Waals surface area contributed by atoms with Crippen LogP contribution in [0, 0.1) is 11.8 Å². The molecule has 0 fully saturated rings. The fourth-order valence-electron chi connectivity index (χ4n) is 2.82. The number of nitrogens with one attached hydrogen (secondary N) is 1. The Balaban J connectivity index is 2.65. The lowest BCUT2D eigenvalue weighted by atomic mass is 9.93. The maximum atomic E-state index is 3.63. The molecule has 0 saturated heterocycles. The molecule has 0 saturated carbocycles. The van der Waals surface area contributed by atoms with Crippen LogP contribution in [-0.2, 0) is 0 Å². The Labute approximate surface area is 119 Å². The van der Waals surface area contributed by atoms with Gasteiger partial charge in [0.25, 0.3) is 0 Å². The summed E-state index contributed by atoms with van der Waals surface area (Å²) in [7, 11) is 2.23. The number of hydrogen-bond donors (Lipinski definition) is 1. The second-order valence-corrected chi connectivity index (χ2v) is 6.04. The van der Waals surface area contributed by atoms with E-state index in [2.05, 4.69) is 75.3 Å². The largest absolute Gasteiger partial charge is 0.310 e. The SMILES string of the molecule is CCNC(c1ccccc1)C(C)CN(C)CC(C)C. The molecule has 0 aliphatic heterocycles. The third kappa shape index (κ3) is 5.75. The first-order valence-electron chi connectivity index (χ1n) is 7.51. The van der Waals surface area contributed by atoms with Gasteiger partial charge >= 0.3 is 0 Å². The van der Waals surface area contributed by atoms with E-state index < -0.39 is 0 Å². The summed E-state index contributed by atoms with van der Waals surface area (Å²) in [6.45, 7) is 12.4. The van der Waals surface area contributed by atoms with E-state index in [0.717, 1.165) is 25.6 Å². The topological polar surface area (TPSA) is 15.3 Å². The van der Waals surface area contributed by atoms with E-state index in [9.17, 15) is 0 Å². The third-order valence-corrected chi connectivity index (χ3v) is 3.43. The van der Waals surface area contributed by atoms with Crippen LogP contribution in [0.5, 0.6) is 0 Å². The van der Waals surface area contributed by atoms with Gasteiger partial charge in [0.2, 0.25) is 0 Å². The van der Waals surface area contributed by atoms with Crippen molar-refractivity contribution >= 4 is 0 Å². The zero-order valence-electron chi connectivity index (χ0n) is 13.2. The number of benzene rings is 1. The van der Waals surface area contributed by atoms with Gasteiger partial charge in [-0.3, -0.25) is 0 Å². The number of nitrogens with zero attached hydrogens (tertiary/aromatic N) is 1. The van der Waals surface area contributed by atoms with Crippen LogP contribution in [0.3, 0.4) is 0 Å². The molecule has 1 aromatic carbocycles. The number of rotatable bonds is 8. The zero-order chi connectivity index (χ0) is 14.3. The van der Waals surface area contributed by atoms with Gasteiger partial charge in [0.15, 0.2) is 0 Å². The lowest BCUT2D eigenvalue weighted by Crippen LogP contribution is -2.35. The normalized spacial score (nSPS) is 14.9. The van der Waals surface area contributed by atoms with E-state index in [4.69, 9.17) is 0 Å². The van der Waals surface area contributed by atoms with E-state index in [-0.39, 0.29) is 0 Å². The van der Waals surface area contributed by atoms with Crippen molar-refractivity contribution in [2.45, 2.75) is 33.7 Å². The molecule has 0 spiro atoms. The molecule has 1 N–H and O–H groups in total. The molecule has 0 radical (unpaired) electrons. The van der Waals surface area contributed by atoms with E-state index in [0.29, 0.717) is 12.0 Å². The molecule has 19 heavy (non-hydrogen) atoms. The molecule has 1 rings (SSSR count). The predicted molar refractivity (Wildman–Crippen MR) is 84.4 cm³/mol. The second kappa shape index (κ2) is 8.34. The highest BCUT2D eigenvalue weighted by Gasteiger charge is 2.19. The summed E-state index contributed by atoms with van der Waals surface area (Å²) in [6.07, 6.45) is 0. The van der Waals surface area contributed by atoms with Crippen molar-refractivity contribution in [2.75, 3.05) is 26.7 Å². The highest BCUT2D eigenvalue weighted by molar-refractivity contribution is 5.19. The van der Waals surface area contributed by atoms with Crippen molar-refractivity contribution in [3.05, 3.63) is 35.9 Å². The van der Waals surface area contributed by atoms with E-state index in [1.165, 1.54) is 5.56 Å². The minimum atomic E-state index is 0.445. The average molecular weight is 262 g/mol. The van der Waals surface area contributed by atoms with Crippen molar-refractivity contribution in [1.82, 2.24) is 10.2 Å². The summed E-state index contributed by atoms with van der Waals surface area (Å²) < 4.78 is 0. The van der Waals surface area contributed by atoms with Crippen LogP contribution in [-0.4, -0.2) is 31.6 Å². The van der Waals surface area contributed by atoms with Gasteiger partial charge in [-0.1, -0.05) is 58.0 Å². The van der Waals surface area contributed by atoms with Crippen molar-refractivity contribution in [3.8, 4) is 0 Å². The summed E-state index contributed by atoms with van der Waals surface area (Å²) >= 11 is 0. The average Bonchev–Trinajstić information content (AvgIpc) is 2.35. The van der Waals surface area contributed by atoms with Gasteiger partial charge in [-0.2, -0.15) is 0 Å². The van der Waals surface area contributed by atoms with E-state index >= 15 is 0 Å². The minimum absolute atomic E-state index is 0.445. The van der Waals surface area contributed by atoms with Gasteiger partial charge in [0.1, 0.15) is 0 Å². The van der Waals surface area contributed by atoms with Crippen molar-refractivity contribution in [1.29, 1.82) is 0 Å². The van der Waals surface area contributed by atoms with Gasteiger partial charge in [-0.15, -0.1) is 0 Å². The highest BCUT2D eigenvalue weighted by atomic mass is 15.1. The van der Waals surface area contributed by atoms with Crippen molar-refractivity contribution < 1.29 is 0 Å². The molecule has 2 unspecified atom stereocenters. The second-order valence-electron chi connectivity index (χ2n) is 6.04. The fourth-order valence-corrected chi connectivity index (χ4v) is 2.82. The molecular formula is C17H30N2. The highest BCUT2D eigenvalue weighted by Crippen LogP contribution is 2.22. The third-order valence-electron chi connectivity index (χ3n) is 3.43. The van der Waals surface area contributed by atoms with Crippen LogP contribution in [0.25, 0.3) is 0 Å². The van der Waals surface area contributed by atoms with Gasteiger partial charge in [0.05, 0.1) is 0 Å². The standard InChI is InChI=1S/C17H30N2/c1-6-18-17(16-10-8-7-9-11-16)15(4)13-19(5)12-14(2)3/h7-11,14-15,17-18H,6,12-13H2,1-5H3. The minimum Gasteiger partial charge on any atom is -0.310 e. The summed E-state index contributed by atoms with van der Waals surface area (Å²) in [5.41, 5.74) is 1.40. The quantitative estimate of drug-likeness (QED) is 0.770. The molecule has 0 aromatic heterocycles. The maximum absolute atomic E-state index is 3.63. The Kier molecular flexibility index (Phi) is 7.11. The van der Waals surface area contributed by atoms with E-state index in [1.807, 2.05) is 0 Å². The molecule has 108 valence electrons.